The number of aromatic nitrogens is 1. The number of hydrogen-bond donors (Lipinski definition) is 1. The average molecular weight is 593 g/mol. The van der Waals surface area contributed by atoms with Crippen LogP contribution in [0.4, 0.5) is 24.0 Å². The van der Waals surface area contributed by atoms with Gasteiger partial charge in [-0.2, -0.15) is 13.2 Å². The number of para-hydroxylation sites is 2. The molecule has 1 spiro atoms. The van der Waals surface area contributed by atoms with E-state index < -0.39 is 11.7 Å². The maximum atomic E-state index is 13.3. The van der Waals surface area contributed by atoms with Crippen LogP contribution < -0.4 is 19.9 Å². The molecule has 6 nitrogen and oxygen atoms in total. The maximum absolute atomic E-state index is 13.3. The fraction of sp³-hybridized carbons (Fsp3) is 0.312. The number of halogens is 3. The highest BCUT2D eigenvalue weighted by atomic mass is 32.1. The van der Waals surface area contributed by atoms with Gasteiger partial charge in [-0.3, -0.25) is 4.79 Å². The number of carbonyl (C=O) groups is 1. The van der Waals surface area contributed by atoms with Crippen LogP contribution in [0.5, 0.6) is 5.75 Å². The molecule has 1 amide bonds. The van der Waals surface area contributed by atoms with Crippen molar-refractivity contribution >= 4 is 28.1 Å². The Morgan fingerprint density at radius 2 is 1.64 bits per heavy atom. The third-order valence-electron chi connectivity index (χ3n) is 7.96. The SMILES string of the molecule is O=C(NCc1ccccc1)c1cnc(N2CCC3(CC2)CCN(Cc2cccc(C(F)(F)F)c2)c2ccccc2O3)s1. The summed E-state index contributed by atoms with van der Waals surface area (Å²) in [6, 6.07) is 23.1. The van der Waals surface area contributed by atoms with Crippen molar-refractivity contribution in [3.05, 3.63) is 107 Å². The predicted octanol–water partition coefficient (Wildman–Crippen LogP) is 6.92. The first kappa shape index (κ1) is 28.1. The van der Waals surface area contributed by atoms with Gasteiger partial charge < -0.3 is 19.9 Å². The largest absolute Gasteiger partial charge is 0.485 e. The monoisotopic (exact) mass is 592 g/mol. The zero-order valence-electron chi connectivity index (χ0n) is 22.9. The number of nitrogens with one attached hydrogen (secondary N) is 1. The normalized spacial score (nSPS) is 16.5. The second kappa shape index (κ2) is 11.7. The number of benzene rings is 3. The number of piperidine rings is 1. The Morgan fingerprint density at radius 3 is 2.43 bits per heavy atom. The standard InChI is InChI=1S/C32H31F3N4O2S/c33-32(34,35)25-10-6-9-24(19-25)22-39-18-15-31(41-27-12-5-4-11-26(27)39)13-16-38(17-14-31)30-37-21-28(42-30)29(40)36-20-23-7-2-1-3-8-23/h1-12,19,21H,13-18,20,22H2,(H,36,40). The zero-order chi connectivity index (χ0) is 29.2. The van der Waals surface area contributed by atoms with Crippen molar-refractivity contribution < 1.29 is 22.7 Å². The molecule has 10 heteroatoms. The Bertz CT molecular complexity index is 1530. The maximum Gasteiger partial charge on any atom is 0.416 e. The summed E-state index contributed by atoms with van der Waals surface area (Å²) in [7, 11) is 0. The van der Waals surface area contributed by atoms with Crippen LogP contribution in [0.3, 0.4) is 0 Å². The van der Waals surface area contributed by atoms with E-state index in [4.69, 9.17) is 4.74 Å². The number of amides is 1. The van der Waals surface area contributed by atoms with Gasteiger partial charge in [-0.15, -0.1) is 0 Å². The smallest absolute Gasteiger partial charge is 0.416 e. The Hall–Kier alpha value is -4.05. The van der Waals surface area contributed by atoms with Crippen molar-refractivity contribution in [3.8, 4) is 5.75 Å². The molecule has 0 atom stereocenters. The molecule has 4 aromatic rings. The van der Waals surface area contributed by atoms with Gasteiger partial charge in [-0.1, -0.05) is 65.9 Å². The first-order valence-electron chi connectivity index (χ1n) is 14.0. The lowest BCUT2D eigenvalue weighted by molar-refractivity contribution is -0.137. The van der Waals surface area contributed by atoms with Crippen LogP contribution in [-0.4, -0.2) is 36.1 Å². The van der Waals surface area contributed by atoms with Gasteiger partial charge in [-0.25, -0.2) is 4.98 Å². The Kier molecular flexibility index (Phi) is 7.81. The minimum absolute atomic E-state index is 0.138. The highest BCUT2D eigenvalue weighted by Gasteiger charge is 2.40. The van der Waals surface area contributed by atoms with Gasteiger partial charge in [0.2, 0.25) is 0 Å². The van der Waals surface area contributed by atoms with E-state index >= 15 is 0 Å². The number of fused-ring (bicyclic) bond motifs is 1. The molecular weight excluding hydrogens is 561 g/mol. The number of anilines is 2. The molecule has 2 aliphatic heterocycles. The van der Waals surface area contributed by atoms with Gasteiger partial charge >= 0.3 is 6.18 Å². The van der Waals surface area contributed by atoms with Gasteiger partial charge in [0.1, 0.15) is 16.2 Å². The summed E-state index contributed by atoms with van der Waals surface area (Å²) in [5.41, 5.74) is 1.51. The fourth-order valence-corrected chi connectivity index (χ4v) is 6.50. The lowest BCUT2D eigenvalue weighted by Crippen LogP contribution is -2.48. The summed E-state index contributed by atoms with van der Waals surface area (Å²) < 4.78 is 46.7. The molecule has 0 aliphatic carbocycles. The molecule has 3 aromatic carbocycles. The lowest BCUT2D eigenvalue weighted by atomic mass is 9.88. The van der Waals surface area contributed by atoms with Gasteiger partial charge in [0.05, 0.1) is 17.4 Å². The lowest BCUT2D eigenvalue weighted by Gasteiger charge is -2.41. The molecule has 42 heavy (non-hydrogen) atoms. The van der Waals surface area contributed by atoms with Crippen LogP contribution in [0, 0.1) is 0 Å². The van der Waals surface area contributed by atoms with Gasteiger partial charge in [0.25, 0.3) is 5.91 Å². The quantitative estimate of drug-likeness (QED) is 0.264. The molecule has 3 heterocycles. The molecule has 0 saturated carbocycles. The van der Waals surface area contributed by atoms with Crippen molar-refractivity contribution in [2.45, 2.75) is 44.1 Å². The van der Waals surface area contributed by atoms with E-state index in [2.05, 4.69) is 20.1 Å². The molecule has 1 aromatic heterocycles. The number of nitrogens with zero attached hydrogens (tertiary/aromatic N) is 3. The minimum Gasteiger partial charge on any atom is -0.485 e. The molecular formula is C32H31F3N4O2S. The van der Waals surface area contributed by atoms with Crippen LogP contribution in [-0.2, 0) is 19.3 Å². The number of ether oxygens (including phenoxy) is 1. The highest BCUT2D eigenvalue weighted by molar-refractivity contribution is 7.17. The van der Waals surface area contributed by atoms with E-state index in [9.17, 15) is 18.0 Å². The number of thiazole rings is 1. The molecule has 2 aliphatic rings. The van der Waals surface area contributed by atoms with Gasteiger partial charge in [0, 0.05) is 52.0 Å². The molecule has 1 saturated heterocycles. The van der Waals surface area contributed by atoms with E-state index in [0.717, 1.165) is 60.6 Å². The summed E-state index contributed by atoms with van der Waals surface area (Å²) in [6.45, 7) is 2.95. The Labute approximate surface area is 246 Å². The van der Waals surface area contributed by atoms with E-state index in [1.165, 1.54) is 23.5 Å². The third-order valence-corrected chi connectivity index (χ3v) is 9.01. The first-order chi connectivity index (χ1) is 20.3. The van der Waals surface area contributed by atoms with Crippen molar-refractivity contribution in [1.82, 2.24) is 10.3 Å². The molecule has 1 N–H and O–H groups in total. The number of rotatable bonds is 6. The minimum atomic E-state index is -4.38. The number of alkyl halides is 3. The highest BCUT2D eigenvalue weighted by Crippen LogP contribution is 2.42. The molecule has 1 fully saturated rings. The molecule has 0 unspecified atom stereocenters. The Morgan fingerprint density at radius 1 is 0.929 bits per heavy atom. The summed E-state index contributed by atoms with van der Waals surface area (Å²) in [5.74, 6) is 0.614. The molecule has 0 radical (unpaired) electrons. The van der Waals surface area contributed by atoms with Gasteiger partial charge in [-0.05, 0) is 35.4 Å². The summed E-state index contributed by atoms with van der Waals surface area (Å²) in [5, 5.41) is 3.77. The van der Waals surface area contributed by atoms with E-state index in [1.54, 1.807) is 12.3 Å². The van der Waals surface area contributed by atoms with Crippen molar-refractivity contribution in [1.29, 1.82) is 0 Å². The van der Waals surface area contributed by atoms with E-state index in [0.29, 0.717) is 30.1 Å². The average Bonchev–Trinajstić information content (AvgIpc) is 3.44. The Balaban J connectivity index is 1.11. The van der Waals surface area contributed by atoms with Crippen LogP contribution in [0.25, 0.3) is 0 Å². The first-order valence-corrected chi connectivity index (χ1v) is 14.8. The van der Waals surface area contributed by atoms with Crippen LogP contribution in [0.15, 0.2) is 85.1 Å². The van der Waals surface area contributed by atoms with E-state index in [1.807, 2.05) is 54.6 Å². The van der Waals surface area contributed by atoms with E-state index in [-0.39, 0.29) is 11.5 Å². The van der Waals surface area contributed by atoms with Crippen LogP contribution in [0.2, 0.25) is 0 Å². The summed E-state index contributed by atoms with van der Waals surface area (Å²) in [4.78, 5) is 22.1. The third kappa shape index (κ3) is 6.23. The molecule has 6 rings (SSSR count). The number of carbonyl (C=O) groups excluding carboxylic acids is 1. The van der Waals surface area contributed by atoms with Crippen molar-refractivity contribution in [2.24, 2.45) is 0 Å². The topological polar surface area (TPSA) is 57.7 Å². The van der Waals surface area contributed by atoms with Gasteiger partial charge in [0.15, 0.2) is 5.13 Å². The predicted molar refractivity (Wildman–Crippen MR) is 158 cm³/mol. The van der Waals surface area contributed by atoms with Crippen molar-refractivity contribution in [3.63, 3.8) is 0 Å². The molecule has 218 valence electrons. The summed E-state index contributed by atoms with van der Waals surface area (Å²) in [6.07, 6.45) is -0.450. The fourth-order valence-electron chi connectivity index (χ4n) is 5.62. The van der Waals surface area contributed by atoms with Crippen molar-refractivity contribution in [2.75, 3.05) is 29.4 Å². The van der Waals surface area contributed by atoms with Crippen LogP contribution >= 0.6 is 11.3 Å². The second-order valence-electron chi connectivity index (χ2n) is 10.8. The summed E-state index contributed by atoms with van der Waals surface area (Å²) >= 11 is 1.39. The number of hydrogen-bond acceptors (Lipinski definition) is 6. The molecule has 0 bridgehead atoms. The second-order valence-corrected chi connectivity index (χ2v) is 11.8. The van der Waals surface area contributed by atoms with Crippen LogP contribution in [0.1, 0.15) is 45.6 Å². The zero-order valence-corrected chi connectivity index (χ0v) is 23.8.